The first-order valence-electron chi connectivity index (χ1n) is 8.79. The van der Waals surface area contributed by atoms with Crippen LogP contribution in [0.15, 0.2) is 30.3 Å². The molecule has 0 unspecified atom stereocenters. The van der Waals surface area contributed by atoms with E-state index in [-0.39, 0.29) is 29.6 Å². The van der Waals surface area contributed by atoms with E-state index in [0.29, 0.717) is 25.9 Å². The fraction of sp³-hybridized carbons (Fsp3) is 0.500. The molecule has 136 valence electrons. The second-order valence-electron chi connectivity index (χ2n) is 6.98. The topological polar surface area (TPSA) is 40.6 Å². The fourth-order valence-corrected chi connectivity index (χ4v) is 2.96. The maximum Gasteiger partial charge on any atom is 0.246 e. The van der Waals surface area contributed by atoms with Gasteiger partial charge in [0.05, 0.1) is 0 Å². The number of allylic oxidation sites excluding steroid dienone is 1. The third-order valence-electron chi connectivity index (χ3n) is 4.92. The van der Waals surface area contributed by atoms with E-state index < -0.39 is 0 Å². The largest absolute Gasteiger partial charge is 0.343 e. The number of benzene rings is 1. The lowest BCUT2D eigenvalue weighted by Crippen LogP contribution is -2.44. The highest BCUT2D eigenvalue weighted by atomic mass is 19.1. The molecule has 0 aromatic heterocycles. The van der Waals surface area contributed by atoms with E-state index in [9.17, 15) is 14.0 Å². The van der Waals surface area contributed by atoms with Gasteiger partial charge in [0.1, 0.15) is 5.82 Å². The molecule has 2 amide bonds. The van der Waals surface area contributed by atoms with Crippen molar-refractivity contribution in [2.45, 2.75) is 39.7 Å². The van der Waals surface area contributed by atoms with Gasteiger partial charge in [0.2, 0.25) is 11.8 Å². The lowest BCUT2D eigenvalue weighted by atomic mass is 9.94. The van der Waals surface area contributed by atoms with Gasteiger partial charge in [0.25, 0.3) is 0 Å². The van der Waals surface area contributed by atoms with Crippen molar-refractivity contribution in [1.29, 1.82) is 0 Å². The predicted octanol–water partition coefficient (Wildman–Crippen LogP) is 3.33. The van der Waals surface area contributed by atoms with Gasteiger partial charge in [-0.1, -0.05) is 12.1 Å². The van der Waals surface area contributed by atoms with Gasteiger partial charge in [-0.2, -0.15) is 0 Å². The number of carbonyl (C=O) groups is 2. The Morgan fingerprint density at radius 2 is 1.76 bits per heavy atom. The zero-order chi connectivity index (χ0) is 18.6. The van der Waals surface area contributed by atoms with Gasteiger partial charge in [0.15, 0.2) is 0 Å². The number of amides is 2. The Kier molecular flexibility index (Phi) is 6.34. The van der Waals surface area contributed by atoms with Crippen molar-refractivity contribution in [2.75, 3.05) is 20.1 Å². The normalized spacial score (nSPS) is 16.2. The highest BCUT2D eigenvalue weighted by Gasteiger charge is 2.29. The Morgan fingerprint density at radius 3 is 2.28 bits per heavy atom. The molecule has 1 aliphatic rings. The van der Waals surface area contributed by atoms with Gasteiger partial charge in [-0.3, -0.25) is 9.59 Å². The van der Waals surface area contributed by atoms with E-state index in [1.54, 1.807) is 28.0 Å². The van der Waals surface area contributed by atoms with Crippen molar-refractivity contribution in [2.24, 2.45) is 5.92 Å². The molecule has 0 aliphatic carbocycles. The number of hydrogen-bond donors (Lipinski definition) is 0. The standard InChI is InChI=1S/C20H27FN2O2/c1-14(2)22(4)20(25)17-9-11-23(12-10-17)19(24)13-15(3)16-5-7-18(21)8-6-16/h5-8,13-14,17H,9-12H2,1-4H3/b15-13-. The average molecular weight is 346 g/mol. The highest BCUT2D eigenvalue weighted by molar-refractivity contribution is 5.95. The quantitative estimate of drug-likeness (QED) is 0.785. The molecular weight excluding hydrogens is 319 g/mol. The molecule has 0 bridgehead atoms. The Labute approximate surface area is 149 Å². The van der Waals surface area contributed by atoms with Gasteiger partial charge in [-0.25, -0.2) is 4.39 Å². The number of rotatable bonds is 4. The number of hydrogen-bond acceptors (Lipinski definition) is 2. The Hall–Kier alpha value is -2.17. The van der Waals surface area contributed by atoms with Crippen LogP contribution in [0.2, 0.25) is 0 Å². The van der Waals surface area contributed by atoms with E-state index in [1.807, 2.05) is 27.8 Å². The smallest absolute Gasteiger partial charge is 0.246 e. The molecule has 2 rings (SSSR count). The first kappa shape index (κ1) is 19.2. The van der Waals surface area contributed by atoms with Crippen LogP contribution in [0, 0.1) is 11.7 Å². The molecule has 0 spiro atoms. The number of nitrogens with zero attached hydrogens (tertiary/aromatic N) is 2. The third kappa shape index (κ3) is 4.91. The molecule has 0 saturated carbocycles. The van der Waals surface area contributed by atoms with Crippen molar-refractivity contribution in [3.8, 4) is 0 Å². The summed E-state index contributed by atoms with van der Waals surface area (Å²) in [5.74, 6) is -0.176. The summed E-state index contributed by atoms with van der Waals surface area (Å²) in [5.41, 5.74) is 1.64. The summed E-state index contributed by atoms with van der Waals surface area (Å²) in [7, 11) is 1.83. The van der Waals surface area contributed by atoms with Crippen LogP contribution in [0.4, 0.5) is 4.39 Å². The van der Waals surface area contributed by atoms with Crippen LogP contribution in [-0.4, -0.2) is 47.8 Å². The molecule has 0 radical (unpaired) electrons. The maximum atomic E-state index is 13.0. The molecule has 1 aliphatic heterocycles. The van der Waals surface area contributed by atoms with E-state index >= 15 is 0 Å². The predicted molar refractivity (Wildman–Crippen MR) is 97.3 cm³/mol. The number of likely N-dealkylation sites (tertiary alicyclic amines) is 1. The summed E-state index contributed by atoms with van der Waals surface area (Å²) >= 11 is 0. The van der Waals surface area contributed by atoms with Gasteiger partial charge in [-0.05, 0) is 56.9 Å². The minimum absolute atomic E-state index is 0.00127. The molecule has 1 heterocycles. The Bertz CT molecular complexity index is 644. The highest BCUT2D eigenvalue weighted by Crippen LogP contribution is 2.21. The summed E-state index contributed by atoms with van der Waals surface area (Å²) in [5, 5.41) is 0. The molecule has 25 heavy (non-hydrogen) atoms. The second-order valence-corrected chi connectivity index (χ2v) is 6.98. The summed E-state index contributed by atoms with van der Waals surface area (Å²) < 4.78 is 13.0. The Morgan fingerprint density at radius 1 is 1.20 bits per heavy atom. The summed E-state index contributed by atoms with van der Waals surface area (Å²) in [6.07, 6.45) is 2.99. The molecule has 4 nitrogen and oxygen atoms in total. The van der Waals surface area contributed by atoms with E-state index in [1.165, 1.54) is 12.1 Å². The first-order valence-corrected chi connectivity index (χ1v) is 8.79. The molecule has 1 aromatic rings. The number of piperidine rings is 1. The maximum absolute atomic E-state index is 13.0. The average Bonchev–Trinajstić information content (AvgIpc) is 2.60. The van der Waals surface area contributed by atoms with Crippen molar-refractivity contribution < 1.29 is 14.0 Å². The molecule has 5 heteroatoms. The molecule has 0 N–H and O–H groups in total. The fourth-order valence-electron chi connectivity index (χ4n) is 2.96. The number of carbonyl (C=O) groups excluding carboxylic acids is 2. The van der Waals surface area contributed by atoms with Gasteiger partial charge < -0.3 is 9.80 Å². The van der Waals surface area contributed by atoms with Crippen molar-refractivity contribution >= 4 is 17.4 Å². The molecule has 1 fully saturated rings. The van der Waals surface area contributed by atoms with E-state index in [4.69, 9.17) is 0 Å². The zero-order valence-corrected chi connectivity index (χ0v) is 15.5. The second kappa shape index (κ2) is 8.28. The van der Waals surface area contributed by atoms with Gasteiger partial charge in [-0.15, -0.1) is 0 Å². The van der Waals surface area contributed by atoms with Crippen molar-refractivity contribution in [3.63, 3.8) is 0 Å². The van der Waals surface area contributed by atoms with Crippen LogP contribution in [0.1, 0.15) is 39.2 Å². The van der Waals surface area contributed by atoms with Crippen LogP contribution < -0.4 is 0 Å². The van der Waals surface area contributed by atoms with E-state index in [2.05, 4.69) is 0 Å². The summed E-state index contributed by atoms with van der Waals surface area (Å²) in [6.45, 7) is 7.03. The lowest BCUT2D eigenvalue weighted by Gasteiger charge is -2.34. The van der Waals surface area contributed by atoms with Crippen molar-refractivity contribution in [3.05, 3.63) is 41.7 Å². The van der Waals surface area contributed by atoms with Crippen LogP contribution >= 0.6 is 0 Å². The molecule has 1 saturated heterocycles. The minimum atomic E-state index is -0.291. The molecule has 1 aromatic carbocycles. The first-order chi connectivity index (χ1) is 11.8. The summed E-state index contributed by atoms with van der Waals surface area (Å²) in [6, 6.07) is 6.30. The summed E-state index contributed by atoms with van der Waals surface area (Å²) in [4.78, 5) is 28.4. The lowest BCUT2D eigenvalue weighted by molar-refractivity contribution is -0.139. The molecule has 0 atom stereocenters. The van der Waals surface area contributed by atoms with Gasteiger partial charge >= 0.3 is 0 Å². The number of halogens is 1. The van der Waals surface area contributed by atoms with Crippen LogP contribution in [0.25, 0.3) is 5.57 Å². The zero-order valence-electron chi connectivity index (χ0n) is 15.5. The van der Waals surface area contributed by atoms with Crippen LogP contribution in [0.3, 0.4) is 0 Å². The van der Waals surface area contributed by atoms with Crippen LogP contribution in [0.5, 0.6) is 0 Å². The van der Waals surface area contributed by atoms with Crippen LogP contribution in [-0.2, 0) is 9.59 Å². The molecular formula is C20H27FN2O2. The van der Waals surface area contributed by atoms with E-state index in [0.717, 1.165) is 11.1 Å². The SMILES string of the molecule is C/C(=C/C(=O)N1CCC(C(=O)N(C)C(C)C)CC1)c1ccc(F)cc1. The van der Waals surface area contributed by atoms with Crippen molar-refractivity contribution in [1.82, 2.24) is 9.80 Å². The monoisotopic (exact) mass is 346 g/mol. The third-order valence-corrected chi connectivity index (χ3v) is 4.92. The minimum Gasteiger partial charge on any atom is -0.343 e. The van der Waals surface area contributed by atoms with Gasteiger partial charge in [0, 0.05) is 38.2 Å². The Balaban J connectivity index is 1.94.